The predicted octanol–water partition coefficient (Wildman–Crippen LogP) is 3.59. The second kappa shape index (κ2) is 9.04. The SMILES string of the molecule is C[C@@H](c1nc2ccccc2s1)N(C)C(=O)c1ccc(S(=O)(=O)NC[C@@H]2CCCO2)cc1. The molecule has 0 aliphatic carbocycles. The van der Waals surface area contributed by atoms with Gasteiger partial charge in [-0.15, -0.1) is 11.3 Å². The molecule has 164 valence electrons. The highest BCUT2D eigenvalue weighted by atomic mass is 32.2. The van der Waals surface area contributed by atoms with E-state index in [-0.39, 0.29) is 29.5 Å². The summed E-state index contributed by atoms with van der Waals surface area (Å²) in [5.41, 5.74) is 1.34. The van der Waals surface area contributed by atoms with Gasteiger partial charge in [-0.05, 0) is 56.2 Å². The summed E-state index contributed by atoms with van der Waals surface area (Å²) in [7, 11) is -1.92. The van der Waals surface area contributed by atoms with E-state index in [1.807, 2.05) is 31.2 Å². The van der Waals surface area contributed by atoms with E-state index in [1.54, 1.807) is 35.4 Å². The third-order valence-corrected chi connectivity index (χ3v) is 8.15. The molecular formula is C22H25N3O4S2. The first kappa shape index (κ1) is 21.9. The average molecular weight is 460 g/mol. The fraction of sp³-hybridized carbons (Fsp3) is 0.364. The number of fused-ring (bicyclic) bond motifs is 1. The molecule has 1 aliphatic rings. The fourth-order valence-electron chi connectivity index (χ4n) is 3.48. The molecule has 1 amide bonds. The van der Waals surface area contributed by atoms with E-state index >= 15 is 0 Å². The molecule has 1 aliphatic heterocycles. The number of hydrogen-bond donors (Lipinski definition) is 1. The van der Waals surface area contributed by atoms with E-state index in [9.17, 15) is 13.2 Å². The van der Waals surface area contributed by atoms with Crippen molar-refractivity contribution >= 4 is 37.5 Å². The van der Waals surface area contributed by atoms with Gasteiger partial charge in [0.2, 0.25) is 10.0 Å². The van der Waals surface area contributed by atoms with Crippen molar-refractivity contribution < 1.29 is 17.9 Å². The molecule has 0 radical (unpaired) electrons. The summed E-state index contributed by atoms with van der Waals surface area (Å²) in [5.74, 6) is -0.192. The number of para-hydroxylation sites is 1. The highest BCUT2D eigenvalue weighted by molar-refractivity contribution is 7.89. The Bertz CT molecular complexity index is 1140. The van der Waals surface area contributed by atoms with Gasteiger partial charge in [0.1, 0.15) is 5.01 Å². The number of thiazole rings is 1. The van der Waals surface area contributed by atoms with Crippen molar-refractivity contribution in [3.63, 3.8) is 0 Å². The molecule has 7 nitrogen and oxygen atoms in total. The minimum Gasteiger partial charge on any atom is -0.377 e. The largest absolute Gasteiger partial charge is 0.377 e. The van der Waals surface area contributed by atoms with Gasteiger partial charge in [0.25, 0.3) is 5.91 Å². The van der Waals surface area contributed by atoms with Crippen molar-refractivity contribution in [2.45, 2.75) is 36.8 Å². The van der Waals surface area contributed by atoms with Gasteiger partial charge in [-0.25, -0.2) is 18.1 Å². The molecule has 0 saturated carbocycles. The highest BCUT2D eigenvalue weighted by Crippen LogP contribution is 2.29. The fourth-order valence-corrected chi connectivity index (χ4v) is 5.61. The van der Waals surface area contributed by atoms with E-state index in [0.717, 1.165) is 28.1 Å². The number of carbonyl (C=O) groups excluding carboxylic acids is 1. The van der Waals surface area contributed by atoms with Crippen LogP contribution in [0.3, 0.4) is 0 Å². The van der Waals surface area contributed by atoms with E-state index in [4.69, 9.17) is 4.74 Å². The Morgan fingerprint density at radius 3 is 2.68 bits per heavy atom. The molecule has 3 aromatic rings. The number of nitrogens with zero attached hydrogens (tertiary/aromatic N) is 2. The van der Waals surface area contributed by atoms with Gasteiger partial charge in [-0.3, -0.25) is 4.79 Å². The Morgan fingerprint density at radius 2 is 2.00 bits per heavy atom. The van der Waals surface area contributed by atoms with Gasteiger partial charge < -0.3 is 9.64 Å². The van der Waals surface area contributed by atoms with Crippen LogP contribution in [0.25, 0.3) is 10.2 Å². The summed E-state index contributed by atoms with van der Waals surface area (Å²) in [6.07, 6.45) is 1.73. The Labute approximate surface area is 186 Å². The number of carbonyl (C=O) groups is 1. The normalized spacial score (nSPS) is 17.7. The Kier molecular flexibility index (Phi) is 6.38. The lowest BCUT2D eigenvalue weighted by molar-refractivity contribution is 0.0742. The van der Waals surface area contributed by atoms with Gasteiger partial charge in [0, 0.05) is 25.8 Å². The molecule has 4 rings (SSSR count). The van der Waals surface area contributed by atoms with Crippen molar-refractivity contribution in [3.05, 3.63) is 59.1 Å². The van der Waals surface area contributed by atoms with Gasteiger partial charge in [-0.1, -0.05) is 12.1 Å². The molecule has 1 N–H and O–H groups in total. The maximum Gasteiger partial charge on any atom is 0.254 e. The number of ether oxygens (including phenoxy) is 1. The third-order valence-electron chi connectivity index (χ3n) is 5.51. The second-order valence-electron chi connectivity index (χ2n) is 7.62. The lowest BCUT2D eigenvalue weighted by Gasteiger charge is -2.23. The number of amides is 1. The van der Waals surface area contributed by atoms with Crippen molar-refractivity contribution in [3.8, 4) is 0 Å². The number of nitrogens with one attached hydrogen (secondary N) is 1. The molecule has 2 atom stereocenters. The average Bonchev–Trinajstić information content (AvgIpc) is 3.46. The molecule has 1 fully saturated rings. The van der Waals surface area contributed by atoms with Crippen LogP contribution in [0.1, 0.15) is 41.2 Å². The maximum atomic E-state index is 13.0. The molecule has 31 heavy (non-hydrogen) atoms. The lowest BCUT2D eigenvalue weighted by Crippen LogP contribution is -2.32. The van der Waals surface area contributed by atoms with E-state index < -0.39 is 10.0 Å². The molecule has 0 spiro atoms. The monoisotopic (exact) mass is 459 g/mol. The quantitative estimate of drug-likeness (QED) is 0.583. The molecule has 1 aromatic heterocycles. The Morgan fingerprint density at radius 1 is 1.26 bits per heavy atom. The van der Waals surface area contributed by atoms with Gasteiger partial charge in [0.15, 0.2) is 0 Å². The Hall–Kier alpha value is -2.33. The predicted molar refractivity (Wildman–Crippen MR) is 121 cm³/mol. The van der Waals surface area contributed by atoms with Crippen LogP contribution in [-0.2, 0) is 14.8 Å². The van der Waals surface area contributed by atoms with Gasteiger partial charge >= 0.3 is 0 Å². The summed E-state index contributed by atoms with van der Waals surface area (Å²) in [4.78, 5) is 19.3. The lowest BCUT2D eigenvalue weighted by atomic mass is 10.2. The highest BCUT2D eigenvalue weighted by Gasteiger charge is 2.23. The number of hydrogen-bond acceptors (Lipinski definition) is 6. The van der Waals surface area contributed by atoms with Crippen LogP contribution >= 0.6 is 11.3 Å². The zero-order valence-electron chi connectivity index (χ0n) is 17.4. The number of sulfonamides is 1. The van der Waals surface area contributed by atoms with E-state index in [2.05, 4.69) is 9.71 Å². The maximum absolute atomic E-state index is 13.0. The Balaban J connectivity index is 1.44. The van der Waals surface area contributed by atoms with Crippen LogP contribution in [0.4, 0.5) is 0 Å². The second-order valence-corrected chi connectivity index (χ2v) is 10.5. The number of benzene rings is 2. The summed E-state index contributed by atoms with van der Waals surface area (Å²) in [6.45, 7) is 2.86. The van der Waals surface area contributed by atoms with Crippen LogP contribution in [-0.4, -0.2) is 50.5 Å². The van der Waals surface area contributed by atoms with Crippen LogP contribution in [0.5, 0.6) is 0 Å². The minimum atomic E-state index is -3.65. The molecule has 2 heterocycles. The first-order valence-corrected chi connectivity index (χ1v) is 12.5. The van der Waals surface area contributed by atoms with E-state index in [1.165, 1.54) is 12.1 Å². The molecule has 0 bridgehead atoms. The topological polar surface area (TPSA) is 88.6 Å². The van der Waals surface area contributed by atoms with Crippen molar-refractivity contribution in [2.24, 2.45) is 0 Å². The molecular weight excluding hydrogens is 434 g/mol. The molecule has 1 saturated heterocycles. The summed E-state index contributed by atoms with van der Waals surface area (Å²) >= 11 is 1.57. The van der Waals surface area contributed by atoms with Crippen LogP contribution in [0.15, 0.2) is 53.4 Å². The summed E-state index contributed by atoms with van der Waals surface area (Å²) < 4.78 is 34.1. The molecule has 0 unspecified atom stereocenters. The first-order chi connectivity index (χ1) is 14.8. The van der Waals surface area contributed by atoms with Gasteiger partial charge in [-0.2, -0.15) is 0 Å². The van der Waals surface area contributed by atoms with Crippen LogP contribution < -0.4 is 4.72 Å². The molecule has 2 aromatic carbocycles. The zero-order valence-corrected chi connectivity index (χ0v) is 19.1. The van der Waals surface area contributed by atoms with Crippen molar-refractivity contribution in [1.82, 2.24) is 14.6 Å². The van der Waals surface area contributed by atoms with Gasteiger partial charge in [0.05, 0.1) is 27.3 Å². The molecule has 9 heteroatoms. The minimum absolute atomic E-state index is 0.0757. The summed E-state index contributed by atoms with van der Waals surface area (Å²) in [5, 5.41) is 0.856. The van der Waals surface area contributed by atoms with Crippen molar-refractivity contribution in [2.75, 3.05) is 20.2 Å². The van der Waals surface area contributed by atoms with Crippen molar-refractivity contribution in [1.29, 1.82) is 0 Å². The van der Waals surface area contributed by atoms with Crippen LogP contribution in [0, 0.1) is 0 Å². The van der Waals surface area contributed by atoms with Crippen LogP contribution in [0.2, 0.25) is 0 Å². The number of aromatic nitrogens is 1. The number of rotatable bonds is 7. The smallest absolute Gasteiger partial charge is 0.254 e. The zero-order chi connectivity index (χ0) is 22.0. The standard InChI is InChI=1S/C22H25N3O4S2/c1-15(21-24-19-7-3-4-8-20(19)30-21)25(2)22(26)16-9-11-18(12-10-16)31(27,28)23-14-17-6-5-13-29-17/h3-4,7-12,15,17,23H,5-6,13-14H2,1-2H3/t15-,17-/m0/s1. The summed E-state index contributed by atoms with van der Waals surface area (Å²) in [6, 6.07) is 13.7. The first-order valence-electron chi connectivity index (χ1n) is 10.2. The van der Waals surface area contributed by atoms with E-state index in [0.29, 0.717) is 12.2 Å². The third kappa shape index (κ3) is 4.79.